The summed E-state index contributed by atoms with van der Waals surface area (Å²) < 4.78 is 16.3. The molecule has 4 rings (SSSR count). The Morgan fingerprint density at radius 3 is 2.51 bits per heavy atom. The lowest BCUT2D eigenvalue weighted by Gasteiger charge is -2.13. The molecule has 0 aliphatic carbocycles. The summed E-state index contributed by atoms with van der Waals surface area (Å²) in [4.78, 5) is 29.6. The van der Waals surface area contributed by atoms with Gasteiger partial charge < -0.3 is 19.5 Å². The lowest BCUT2D eigenvalue weighted by molar-refractivity contribution is -0.118. The average molecular weight is 471 g/mol. The SMILES string of the molecule is CCOC(=O)c1ccc2nc(-c3ccc(C)cc3)cc(OCC(=O)Nc3cccc(OC)c3)c2c1. The topological polar surface area (TPSA) is 86.8 Å². The number of aryl methyl sites for hydroxylation is 1. The van der Waals surface area contributed by atoms with Crippen LogP contribution in [-0.4, -0.2) is 37.2 Å². The molecule has 0 bridgehead atoms. The molecule has 0 aliphatic rings. The molecular formula is C28H26N2O5. The highest BCUT2D eigenvalue weighted by Gasteiger charge is 2.15. The molecule has 4 aromatic rings. The van der Waals surface area contributed by atoms with Gasteiger partial charge in [0.05, 0.1) is 30.5 Å². The molecule has 0 saturated heterocycles. The third-order valence-electron chi connectivity index (χ3n) is 5.34. The van der Waals surface area contributed by atoms with Crippen molar-refractivity contribution in [2.75, 3.05) is 25.6 Å². The predicted molar refractivity (Wildman–Crippen MR) is 135 cm³/mol. The van der Waals surface area contributed by atoms with Crippen LogP contribution in [0.25, 0.3) is 22.2 Å². The first-order valence-corrected chi connectivity index (χ1v) is 11.2. The van der Waals surface area contributed by atoms with Gasteiger partial charge >= 0.3 is 5.97 Å². The summed E-state index contributed by atoms with van der Waals surface area (Å²) in [6, 6.07) is 21.9. The van der Waals surface area contributed by atoms with Crippen molar-refractivity contribution in [3.8, 4) is 22.8 Å². The van der Waals surface area contributed by atoms with Gasteiger partial charge in [0.15, 0.2) is 6.61 Å². The van der Waals surface area contributed by atoms with Crippen molar-refractivity contribution in [2.45, 2.75) is 13.8 Å². The summed E-state index contributed by atoms with van der Waals surface area (Å²) in [6.45, 7) is 3.82. The van der Waals surface area contributed by atoms with E-state index < -0.39 is 5.97 Å². The Labute approximate surface area is 203 Å². The minimum absolute atomic E-state index is 0.229. The van der Waals surface area contributed by atoms with Gasteiger partial charge in [-0.25, -0.2) is 9.78 Å². The molecule has 0 aliphatic heterocycles. The number of aromatic nitrogens is 1. The monoisotopic (exact) mass is 470 g/mol. The Hall–Kier alpha value is -4.39. The van der Waals surface area contributed by atoms with Gasteiger partial charge in [-0.1, -0.05) is 35.9 Å². The first-order chi connectivity index (χ1) is 17.0. The maximum atomic E-state index is 12.6. The van der Waals surface area contributed by atoms with Crippen LogP contribution in [0.3, 0.4) is 0 Å². The van der Waals surface area contributed by atoms with Gasteiger partial charge in [-0.15, -0.1) is 0 Å². The summed E-state index contributed by atoms with van der Waals surface area (Å²) in [5, 5.41) is 3.41. The fraction of sp³-hybridized carbons (Fsp3) is 0.179. The summed E-state index contributed by atoms with van der Waals surface area (Å²) in [7, 11) is 1.56. The molecule has 1 heterocycles. The van der Waals surface area contributed by atoms with E-state index >= 15 is 0 Å². The second-order valence-corrected chi connectivity index (χ2v) is 7.89. The van der Waals surface area contributed by atoms with Crippen molar-refractivity contribution in [2.24, 2.45) is 0 Å². The van der Waals surface area contributed by atoms with Crippen molar-refractivity contribution in [3.63, 3.8) is 0 Å². The van der Waals surface area contributed by atoms with E-state index in [1.54, 1.807) is 62.6 Å². The number of rotatable bonds is 8. The van der Waals surface area contributed by atoms with Gasteiger partial charge in [-0.2, -0.15) is 0 Å². The summed E-state index contributed by atoms with van der Waals surface area (Å²) in [5.74, 6) is 0.316. The lowest BCUT2D eigenvalue weighted by Crippen LogP contribution is -2.20. The number of nitrogens with one attached hydrogen (secondary N) is 1. The van der Waals surface area contributed by atoms with Gasteiger partial charge in [0.2, 0.25) is 0 Å². The summed E-state index contributed by atoms with van der Waals surface area (Å²) in [6.07, 6.45) is 0. The number of fused-ring (bicyclic) bond motifs is 1. The minimum atomic E-state index is -0.432. The van der Waals surface area contributed by atoms with E-state index in [-0.39, 0.29) is 19.1 Å². The Morgan fingerprint density at radius 1 is 0.971 bits per heavy atom. The maximum absolute atomic E-state index is 12.6. The van der Waals surface area contributed by atoms with Crippen LogP contribution in [0.2, 0.25) is 0 Å². The second-order valence-electron chi connectivity index (χ2n) is 7.89. The number of anilines is 1. The normalized spacial score (nSPS) is 10.6. The summed E-state index contributed by atoms with van der Waals surface area (Å²) in [5.41, 5.74) is 4.37. The van der Waals surface area contributed by atoms with E-state index in [2.05, 4.69) is 5.32 Å². The largest absolute Gasteiger partial charge is 0.497 e. The molecular weight excluding hydrogens is 444 g/mol. The second kappa shape index (κ2) is 10.7. The fourth-order valence-corrected chi connectivity index (χ4v) is 3.57. The van der Waals surface area contributed by atoms with Gasteiger partial charge in [-0.3, -0.25) is 4.79 Å². The maximum Gasteiger partial charge on any atom is 0.338 e. The molecule has 3 aromatic carbocycles. The zero-order chi connectivity index (χ0) is 24.8. The molecule has 1 N–H and O–H groups in total. The number of carbonyl (C=O) groups excluding carboxylic acids is 2. The molecule has 7 nitrogen and oxygen atoms in total. The number of nitrogens with zero attached hydrogens (tertiary/aromatic N) is 1. The molecule has 0 fully saturated rings. The van der Waals surface area contributed by atoms with E-state index in [4.69, 9.17) is 19.2 Å². The van der Waals surface area contributed by atoms with Gasteiger partial charge in [-0.05, 0) is 44.2 Å². The smallest absolute Gasteiger partial charge is 0.338 e. The van der Waals surface area contributed by atoms with Gasteiger partial charge in [0, 0.05) is 28.8 Å². The molecule has 7 heteroatoms. The van der Waals surface area contributed by atoms with Crippen molar-refractivity contribution in [3.05, 3.63) is 83.9 Å². The Balaban J connectivity index is 1.65. The zero-order valence-corrected chi connectivity index (χ0v) is 19.8. The average Bonchev–Trinajstić information content (AvgIpc) is 2.87. The molecule has 0 radical (unpaired) electrons. The van der Waals surface area contributed by atoms with Crippen LogP contribution < -0.4 is 14.8 Å². The minimum Gasteiger partial charge on any atom is -0.497 e. The highest BCUT2D eigenvalue weighted by molar-refractivity contribution is 5.97. The van der Waals surface area contributed by atoms with Gasteiger partial charge in [0.1, 0.15) is 11.5 Å². The molecule has 0 unspecified atom stereocenters. The van der Waals surface area contributed by atoms with Crippen LogP contribution in [0.5, 0.6) is 11.5 Å². The molecule has 0 spiro atoms. The summed E-state index contributed by atoms with van der Waals surface area (Å²) >= 11 is 0. The first kappa shape index (κ1) is 23.8. The molecule has 1 aromatic heterocycles. The third-order valence-corrected chi connectivity index (χ3v) is 5.34. The van der Waals surface area contributed by atoms with E-state index in [9.17, 15) is 9.59 Å². The highest BCUT2D eigenvalue weighted by Crippen LogP contribution is 2.31. The lowest BCUT2D eigenvalue weighted by atomic mass is 10.1. The Kier molecular flexibility index (Phi) is 7.26. The van der Waals surface area contributed by atoms with E-state index in [0.29, 0.717) is 39.3 Å². The van der Waals surface area contributed by atoms with E-state index in [1.807, 2.05) is 31.2 Å². The number of pyridine rings is 1. The van der Waals surface area contributed by atoms with Crippen LogP contribution >= 0.6 is 0 Å². The number of esters is 1. The van der Waals surface area contributed by atoms with E-state index in [0.717, 1.165) is 11.1 Å². The predicted octanol–water partition coefficient (Wildman–Crippen LogP) is 5.41. The van der Waals surface area contributed by atoms with Gasteiger partial charge in [0.25, 0.3) is 5.91 Å². The molecule has 1 amide bonds. The third kappa shape index (κ3) is 5.76. The molecule has 35 heavy (non-hydrogen) atoms. The highest BCUT2D eigenvalue weighted by atomic mass is 16.5. The van der Waals surface area contributed by atoms with Crippen LogP contribution in [-0.2, 0) is 9.53 Å². The molecule has 0 atom stereocenters. The van der Waals surface area contributed by atoms with Crippen molar-refractivity contribution < 1.29 is 23.8 Å². The number of benzene rings is 3. The number of amides is 1. The number of hydrogen-bond donors (Lipinski definition) is 1. The molecule has 178 valence electrons. The zero-order valence-electron chi connectivity index (χ0n) is 19.8. The van der Waals surface area contributed by atoms with Crippen LogP contribution in [0.1, 0.15) is 22.8 Å². The van der Waals surface area contributed by atoms with Crippen LogP contribution in [0.4, 0.5) is 5.69 Å². The number of methoxy groups -OCH3 is 1. The Morgan fingerprint density at radius 2 is 1.77 bits per heavy atom. The Bertz CT molecular complexity index is 1370. The number of hydrogen-bond acceptors (Lipinski definition) is 6. The van der Waals surface area contributed by atoms with Crippen molar-refractivity contribution in [1.82, 2.24) is 4.98 Å². The first-order valence-electron chi connectivity index (χ1n) is 11.2. The standard InChI is InChI=1S/C28H26N2O5/c1-4-34-28(32)20-12-13-24-23(14-20)26(16-25(30-24)19-10-8-18(2)9-11-19)35-17-27(31)29-21-6-5-7-22(15-21)33-3/h5-16H,4,17H2,1-3H3,(H,29,31). The van der Waals surface area contributed by atoms with E-state index in [1.165, 1.54) is 0 Å². The van der Waals surface area contributed by atoms with Crippen LogP contribution in [0, 0.1) is 6.92 Å². The van der Waals surface area contributed by atoms with Crippen molar-refractivity contribution in [1.29, 1.82) is 0 Å². The quantitative estimate of drug-likeness (QED) is 0.346. The number of carbonyl (C=O) groups is 2. The van der Waals surface area contributed by atoms with Crippen LogP contribution in [0.15, 0.2) is 72.8 Å². The number of ether oxygens (including phenoxy) is 3. The molecule has 0 saturated carbocycles. The van der Waals surface area contributed by atoms with Crippen molar-refractivity contribution >= 4 is 28.5 Å². The fourth-order valence-electron chi connectivity index (χ4n) is 3.57.